The van der Waals surface area contributed by atoms with Gasteiger partial charge in [-0.05, 0) is 30.7 Å². The number of sulfone groups is 1. The molecule has 0 aliphatic carbocycles. The first kappa shape index (κ1) is 19.8. The number of amides is 3. The van der Waals surface area contributed by atoms with E-state index >= 15 is 0 Å². The molecule has 3 rings (SSSR count). The van der Waals surface area contributed by atoms with Gasteiger partial charge in [-0.15, -0.1) is 0 Å². The number of rotatable bonds is 6. The Morgan fingerprint density at radius 2 is 1.96 bits per heavy atom. The first-order valence-electron chi connectivity index (χ1n) is 8.66. The summed E-state index contributed by atoms with van der Waals surface area (Å²) in [7, 11) is -3.17. The number of hydrogen-bond acceptors (Lipinski definition) is 7. The van der Waals surface area contributed by atoms with Gasteiger partial charge in [-0.25, -0.2) is 13.4 Å². The normalized spacial score (nSPS) is 21.1. The van der Waals surface area contributed by atoms with Crippen molar-refractivity contribution < 1.29 is 27.5 Å². The first-order valence-corrected chi connectivity index (χ1v) is 10.5. The molecule has 1 aromatic carbocycles. The molecular formula is C17H20N4O6S. The van der Waals surface area contributed by atoms with E-state index in [1.54, 1.807) is 24.3 Å². The summed E-state index contributed by atoms with van der Waals surface area (Å²) in [6.07, 6.45) is 0.600. The van der Waals surface area contributed by atoms with Crippen LogP contribution in [0.3, 0.4) is 0 Å². The van der Waals surface area contributed by atoms with Crippen LogP contribution in [-0.4, -0.2) is 61.0 Å². The second-order valence-electron chi connectivity index (χ2n) is 6.58. The van der Waals surface area contributed by atoms with Crippen molar-refractivity contribution in [3.8, 4) is 5.75 Å². The number of anilines is 1. The lowest BCUT2D eigenvalue weighted by molar-refractivity contribution is -0.133. The van der Waals surface area contributed by atoms with Crippen LogP contribution in [-0.2, 0) is 24.2 Å². The number of hydrogen-bond donors (Lipinski definition) is 2. The van der Waals surface area contributed by atoms with Crippen LogP contribution in [0.2, 0.25) is 0 Å². The molecule has 3 N–H and O–H groups in total. The van der Waals surface area contributed by atoms with Gasteiger partial charge in [0.25, 0.3) is 11.8 Å². The van der Waals surface area contributed by atoms with Gasteiger partial charge < -0.3 is 15.8 Å². The van der Waals surface area contributed by atoms with E-state index in [9.17, 15) is 22.8 Å². The van der Waals surface area contributed by atoms with Crippen molar-refractivity contribution in [2.45, 2.75) is 25.3 Å². The minimum atomic E-state index is -3.17. The lowest BCUT2D eigenvalue weighted by Crippen LogP contribution is -2.42. The van der Waals surface area contributed by atoms with Crippen molar-refractivity contribution >= 4 is 39.0 Å². The Morgan fingerprint density at radius 1 is 1.25 bits per heavy atom. The number of carbonyl (C=O) groups is 3. The van der Waals surface area contributed by atoms with E-state index in [2.05, 4.69) is 10.4 Å². The standard InChI is InChI=1S/C17H20N4O6S/c18-15(22)9-27-13-3-1-11(2-4-13)19-17(24)14-5-6-16(23)21(20-14)12-7-8-28(25,26)10-12/h1-4,12H,5-10H2,(H2,18,22)(H,19,24). The fraction of sp³-hybridized carbons (Fsp3) is 0.412. The molecule has 150 valence electrons. The van der Waals surface area contributed by atoms with Crippen molar-refractivity contribution in [1.29, 1.82) is 0 Å². The molecule has 0 radical (unpaired) electrons. The molecule has 0 saturated carbocycles. The number of nitrogens with one attached hydrogen (secondary N) is 1. The van der Waals surface area contributed by atoms with E-state index in [1.807, 2.05) is 0 Å². The van der Waals surface area contributed by atoms with Gasteiger partial charge in [0.15, 0.2) is 16.4 Å². The molecule has 28 heavy (non-hydrogen) atoms. The summed E-state index contributed by atoms with van der Waals surface area (Å²) in [5.74, 6) is -1.04. The Labute approximate surface area is 161 Å². The van der Waals surface area contributed by atoms with Crippen LogP contribution < -0.4 is 15.8 Å². The SMILES string of the molecule is NC(=O)COc1ccc(NC(=O)C2=NN(C3CCS(=O)(=O)C3)C(=O)CC2)cc1. The van der Waals surface area contributed by atoms with Crippen LogP contribution in [0.15, 0.2) is 29.4 Å². The van der Waals surface area contributed by atoms with Crippen LogP contribution in [0.4, 0.5) is 5.69 Å². The Morgan fingerprint density at radius 3 is 2.57 bits per heavy atom. The zero-order chi connectivity index (χ0) is 20.3. The second-order valence-corrected chi connectivity index (χ2v) is 8.80. The van der Waals surface area contributed by atoms with Gasteiger partial charge in [0.05, 0.1) is 17.5 Å². The topological polar surface area (TPSA) is 148 Å². The average Bonchev–Trinajstić information content (AvgIpc) is 3.01. The van der Waals surface area contributed by atoms with E-state index in [0.29, 0.717) is 17.9 Å². The summed E-state index contributed by atoms with van der Waals surface area (Å²) in [5, 5.41) is 7.94. The maximum Gasteiger partial charge on any atom is 0.271 e. The zero-order valence-corrected chi connectivity index (χ0v) is 15.8. The summed E-state index contributed by atoms with van der Waals surface area (Å²) in [6, 6.07) is 5.79. The molecule has 10 nitrogen and oxygen atoms in total. The highest BCUT2D eigenvalue weighted by Crippen LogP contribution is 2.23. The fourth-order valence-corrected chi connectivity index (χ4v) is 4.67. The molecule has 11 heteroatoms. The molecule has 2 aliphatic rings. The summed E-state index contributed by atoms with van der Waals surface area (Å²) in [6.45, 7) is -0.247. The molecule has 2 heterocycles. The highest BCUT2D eigenvalue weighted by Gasteiger charge is 2.37. The molecule has 1 saturated heterocycles. The lowest BCUT2D eigenvalue weighted by atomic mass is 10.1. The monoisotopic (exact) mass is 408 g/mol. The van der Waals surface area contributed by atoms with Gasteiger partial charge in [-0.3, -0.25) is 14.4 Å². The molecule has 0 bridgehead atoms. The first-order chi connectivity index (χ1) is 13.2. The van der Waals surface area contributed by atoms with Crippen LogP contribution in [0.25, 0.3) is 0 Å². The molecule has 0 aromatic heterocycles. The number of hydrazone groups is 1. The largest absolute Gasteiger partial charge is 0.484 e. The maximum atomic E-state index is 12.5. The molecule has 1 fully saturated rings. The number of ether oxygens (including phenoxy) is 1. The van der Waals surface area contributed by atoms with Gasteiger partial charge in [0.2, 0.25) is 5.91 Å². The third-order valence-corrected chi connectivity index (χ3v) is 6.12. The highest BCUT2D eigenvalue weighted by molar-refractivity contribution is 7.91. The lowest BCUT2D eigenvalue weighted by Gasteiger charge is -2.27. The Bertz CT molecular complexity index is 925. The van der Waals surface area contributed by atoms with Crippen molar-refractivity contribution in [2.24, 2.45) is 10.8 Å². The summed E-state index contributed by atoms with van der Waals surface area (Å²) >= 11 is 0. The van der Waals surface area contributed by atoms with Crippen LogP contribution in [0, 0.1) is 0 Å². The van der Waals surface area contributed by atoms with Crippen molar-refractivity contribution in [1.82, 2.24) is 5.01 Å². The number of nitrogens with two attached hydrogens (primary N) is 1. The molecule has 1 unspecified atom stereocenters. The van der Waals surface area contributed by atoms with Gasteiger partial charge in [0.1, 0.15) is 11.5 Å². The van der Waals surface area contributed by atoms with Gasteiger partial charge in [-0.2, -0.15) is 5.10 Å². The molecule has 2 aliphatic heterocycles. The van der Waals surface area contributed by atoms with Crippen LogP contribution in [0.1, 0.15) is 19.3 Å². The Kier molecular flexibility index (Phi) is 5.63. The third kappa shape index (κ3) is 4.85. The van der Waals surface area contributed by atoms with Crippen LogP contribution >= 0.6 is 0 Å². The predicted octanol–water partition coefficient (Wildman–Crippen LogP) is -0.345. The maximum absolute atomic E-state index is 12.5. The quantitative estimate of drug-likeness (QED) is 0.657. The van der Waals surface area contributed by atoms with E-state index in [4.69, 9.17) is 10.5 Å². The number of carbonyl (C=O) groups excluding carboxylic acids is 3. The summed E-state index contributed by atoms with van der Waals surface area (Å²) in [5.41, 5.74) is 5.65. The second kappa shape index (κ2) is 7.97. The minimum Gasteiger partial charge on any atom is -0.484 e. The predicted molar refractivity (Wildman–Crippen MR) is 100 cm³/mol. The Hall–Kier alpha value is -2.95. The fourth-order valence-electron chi connectivity index (χ4n) is 2.98. The van der Waals surface area contributed by atoms with Gasteiger partial charge in [0, 0.05) is 18.5 Å². The third-order valence-electron chi connectivity index (χ3n) is 4.37. The number of benzene rings is 1. The Balaban J connectivity index is 1.65. The molecule has 0 spiro atoms. The average molecular weight is 408 g/mol. The molecule has 3 amide bonds. The molecular weight excluding hydrogens is 388 g/mol. The summed E-state index contributed by atoms with van der Waals surface area (Å²) in [4.78, 5) is 35.3. The highest BCUT2D eigenvalue weighted by atomic mass is 32.2. The number of primary amides is 1. The molecule has 1 atom stereocenters. The van der Waals surface area contributed by atoms with E-state index in [0.717, 1.165) is 5.01 Å². The zero-order valence-electron chi connectivity index (χ0n) is 15.0. The summed E-state index contributed by atoms with van der Waals surface area (Å²) < 4.78 is 28.5. The van der Waals surface area contributed by atoms with E-state index in [-0.39, 0.29) is 42.6 Å². The van der Waals surface area contributed by atoms with Crippen molar-refractivity contribution in [3.63, 3.8) is 0 Å². The van der Waals surface area contributed by atoms with Gasteiger partial charge >= 0.3 is 0 Å². The van der Waals surface area contributed by atoms with Crippen molar-refractivity contribution in [3.05, 3.63) is 24.3 Å². The van der Waals surface area contributed by atoms with Crippen LogP contribution in [0.5, 0.6) is 5.75 Å². The van der Waals surface area contributed by atoms with E-state index < -0.39 is 27.7 Å². The van der Waals surface area contributed by atoms with E-state index in [1.165, 1.54) is 0 Å². The smallest absolute Gasteiger partial charge is 0.271 e. The van der Waals surface area contributed by atoms with Crippen molar-refractivity contribution in [2.75, 3.05) is 23.4 Å². The minimum absolute atomic E-state index is 0.0165. The molecule has 1 aromatic rings. The number of nitrogens with zero attached hydrogens (tertiary/aromatic N) is 2. The van der Waals surface area contributed by atoms with Gasteiger partial charge in [-0.1, -0.05) is 0 Å².